The lowest BCUT2D eigenvalue weighted by atomic mass is 9.78. The second-order valence-electron chi connectivity index (χ2n) is 20.6. The van der Waals surface area contributed by atoms with Gasteiger partial charge in [0.25, 0.3) is 0 Å². The van der Waals surface area contributed by atoms with Crippen LogP contribution in [0, 0.1) is 5.82 Å². The minimum atomic E-state index is -1.05. The van der Waals surface area contributed by atoms with Gasteiger partial charge in [0.15, 0.2) is 0 Å². The number of benzene rings is 5. The average Bonchev–Trinajstić information content (AvgIpc) is 3.76. The quantitative estimate of drug-likeness (QED) is 0.0305. The number of carbonyl (C=O) groups is 4. The van der Waals surface area contributed by atoms with Crippen molar-refractivity contribution >= 4 is 35.3 Å². The highest BCUT2D eigenvalue weighted by molar-refractivity contribution is 5.95. The lowest BCUT2D eigenvalue weighted by Gasteiger charge is -2.31. The number of hydrogen-bond donors (Lipinski definition) is 12. The van der Waals surface area contributed by atoms with Crippen LogP contribution in [-0.2, 0) is 29.0 Å². The fraction of sp³-hybridized carbons (Fsp3) is 0.393. The van der Waals surface area contributed by atoms with Crippen LogP contribution in [0.2, 0.25) is 0 Å². The number of amides is 6. The molecule has 1 saturated heterocycles. The molecular formula is C56H72FN9O8. The summed E-state index contributed by atoms with van der Waals surface area (Å²) in [5.74, 6) is -3.60. The van der Waals surface area contributed by atoms with Crippen molar-refractivity contribution in [3.63, 3.8) is 0 Å². The summed E-state index contributed by atoms with van der Waals surface area (Å²) >= 11 is 0. The molecule has 6 amide bonds. The zero-order valence-electron chi connectivity index (χ0n) is 42.8. The molecule has 5 aromatic carbocycles. The number of anilines is 2. The number of nitrogens with one attached hydrogen (secondary N) is 6. The summed E-state index contributed by atoms with van der Waals surface area (Å²) in [4.78, 5) is 55.3. The molecule has 3 unspecified atom stereocenters. The number of aliphatic hydroxyl groups excluding tert-OH is 2. The molecule has 14 N–H and O–H groups in total. The number of β-amino-alcohol motifs (C(OH)–C–C–N with tert-alkyl or cyclic N) is 2. The van der Waals surface area contributed by atoms with Gasteiger partial charge in [-0.1, -0.05) is 72.8 Å². The maximum Gasteiger partial charge on any atom is 0.316 e. The number of nitrogens with zero attached hydrogens (tertiary/aromatic N) is 1. The highest BCUT2D eigenvalue weighted by Gasteiger charge is 2.37. The summed E-state index contributed by atoms with van der Waals surface area (Å²) < 4.78 is 14.0. The highest BCUT2D eigenvalue weighted by atomic mass is 19.1. The van der Waals surface area contributed by atoms with Crippen molar-refractivity contribution in [1.82, 2.24) is 26.2 Å². The summed E-state index contributed by atoms with van der Waals surface area (Å²) in [6, 6.07) is 28.4. The second kappa shape index (κ2) is 25.2. The lowest BCUT2D eigenvalue weighted by molar-refractivity contribution is -0.129. The molecule has 74 heavy (non-hydrogen) atoms. The van der Waals surface area contributed by atoms with Crippen molar-refractivity contribution in [1.29, 1.82) is 0 Å². The zero-order chi connectivity index (χ0) is 53.7. The van der Waals surface area contributed by atoms with Gasteiger partial charge >= 0.3 is 12.1 Å². The van der Waals surface area contributed by atoms with E-state index in [9.17, 15) is 39.2 Å². The Hall–Kier alpha value is -7.09. The van der Waals surface area contributed by atoms with E-state index < -0.39 is 58.9 Å². The van der Waals surface area contributed by atoms with Gasteiger partial charge in [0.05, 0.1) is 35.4 Å². The molecule has 5 atom stereocenters. The standard InChI is InChI=1S/C56H72FN9O8/c1-55(2,62-32-47(69)37-16-20-45(67)43(27-37)64-53(58)73)29-35-9-6-11-39(25-35)49(51(71)60-23-22-42-13-8-24-66(42)5)50(52(72)61-31-34-14-18-41(57)19-15-34)40-12-7-10-36(26-40)30-56(3,4)63-33-48(70)38-17-21-46(68)44(28-38)65-54(59)74/h6-7,9-12,14-21,25-28,42,47-50,62-63,67-70H,8,13,22-24,29-33H2,1-5H3,(H,60,71)(H,61,72)(H3,58,64,73)(H3,59,65,74)/t42?,47-,48-,49?,50?/m1/s1. The molecule has 17 nitrogen and oxygen atoms in total. The number of urea groups is 2. The molecular weight excluding hydrogens is 946 g/mol. The second-order valence-corrected chi connectivity index (χ2v) is 20.6. The molecule has 6 rings (SSSR count). The van der Waals surface area contributed by atoms with E-state index in [-0.39, 0.29) is 48.4 Å². The van der Waals surface area contributed by atoms with Crippen molar-refractivity contribution in [2.45, 2.75) is 108 Å². The molecule has 0 bridgehead atoms. The Morgan fingerprint density at radius 2 is 1.12 bits per heavy atom. The molecule has 0 spiro atoms. The number of aliphatic hydroxyl groups is 2. The van der Waals surface area contributed by atoms with Crippen LogP contribution in [0.4, 0.5) is 25.4 Å². The number of halogens is 1. The van der Waals surface area contributed by atoms with E-state index in [0.717, 1.165) is 36.9 Å². The molecule has 0 radical (unpaired) electrons. The van der Waals surface area contributed by atoms with E-state index in [0.29, 0.717) is 53.2 Å². The van der Waals surface area contributed by atoms with Gasteiger partial charge in [-0.2, -0.15) is 0 Å². The van der Waals surface area contributed by atoms with Gasteiger partial charge in [-0.05, 0) is 149 Å². The van der Waals surface area contributed by atoms with E-state index in [1.807, 2.05) is 76.2 Å². The minimum Gasteiger partial charge on any atom is -0.506 e. The Morgan fingerprint density at radius 3 is 1.57 bits per heavy atom. The van der Waals surface area contributed by atoms with Crippen molar-refractivity contribution in [3.8, 4) is 11.5 Å². The molecule has 1 fully saturated rings. The first-order valence-corrected chi connectivity index (χ1v) is 24.9. The SMILES string of the molecule is CN1CCCC1CCNC(=O)C(c1cccc(CC(C)(C)NC[C@@H](O)c2ccc(O)c(NC(N)=O)c2)c1)C(C(=O)NCc1ccc(F)cc1)c1cccc(CC(C)(C)NC[C@@H](O)c2ccc(O)c(NC(N)=O)c2)c1. The first-order chi connectivity index (χ1) is 35.1. The van der Waals surface area contributed by atoms with Crippen LogP contribution in [0.3, 0.4) is 0 Å². The lowest BCUT2D eigenvalue weighted by Crippen LogP contribution is -2.43. The average molecular weight is 1020 g/mol. The molecule has 396 valence electrons. The van der Waals surface area contributed by atoms with Crippen molar-refractivity contribution in [3.05, 3.63) is 154 Å². The maximum absolute atomic E-state index is 15.0. The maximum atomic E-state index is 15.0. The first kappa shape index (κ1) is 56.2. The van der Waals surface area contributed by atoms with Crippen LogP contribution in [0.5, 0.6) is 11.5 Å². The van der Waals surface area contributed by atoms with Crippen LogP contribution in [0.15, 0.2) is 109 Å². The monoisotopic (exact) mass is 1020 g/mol. The fourth-order valence-corrected chi connectivity index (χ4v) is 9.62. The first-order valence-electron chi connectivity index (χ1n) is 24.9. The number of aromatic hydroxyl groups is 2. The third kappa shape index (κ3) is 16.2. The summed E-state index contributed by atoms with van der Waals surface area (Å²) in [7, 11) is 2.09. The van der Waals surface area contributed by atoms with Crippen LogP contribution < -0.4 is 43.4 Å². The molecule has 0 aromatic heterocycles. The minimum absolute atomic E-state index is 0.0686. The number of primary amides is 2. The van der Waals surface area contributed by atoms with Crippen LogP contribution >= 0.6 is 0 Å². The molecule has 0 saturated carbocycles. The van der Waals surface area contributed by atoms with Crippen molar-refractivity contribution in [2.24, 2.45) is 11.5 Å². The summed E-state index contributed by atoms with van der Waals surface area (Å²) in [6.07, 6.45) is 1.70. The molecule has 18 heteroatoms. The van der Waals surface area contributed by atoms with E-state index in [1.54, 1.807) is 24.3 Å². The summed E-state index contributed by atoms with van der Waals surface area (Å²) in [5.41, 5.74) is 13.9. The predicted molar refractivity (Wildman–Crippen MR) is 284 cm³/mol. The number of carbonyl (C=O) groups excluding carboxylic acids is 4. The number of phenolic OH excluding ortho intramolecular Hbond substituents is 2. The number of nitrogens with two attached hydrogens (primary N) is 2. The largest absolute Gasteiger partial charge is 0.506 e. The molecule has 1 aliphatic rings. The predicted octanol–water partition coefficient (Wildman–Crippen LogP) is 6.29. The third-order valence-corrected chi connectivity index (χ3v) is 13.5. The van der Waals surface area contributed by atoms with Crippen LogP contribution in [0.25, 0.3) is 0 Å². The summed E-state index contributed by atoms with van der Waals surface area (Å²) in [5, 5.41) is 60.5. The Morgan fingerprint density at radius 1 is 0.649 bits per heavy atom. The highest BCUT2D eigenvalue weighted by Crippen LogP contribution is 2.37. The van der Waals surface area contributed by atoms with Crippen LogP contribution in [0.1, 0.15) is 110 Å². The topological polar surface area (TPSA) is 277 Å². The molecule has 1 heterocycles. The molecule has 1 aliphatic heterocycles. The number of rotatable bonds is 24. The van der Waals surface area contributed by atoms with Gasteiger partial charge in [-0.15, -0.1) is 0 Å². The molecule has 0 aliphatic carbocycles. The van der Waals surface area contributed by atoms with Gasteiger partial charge < -0.3 is 68.7 Å². The fourth-order valence-electron chi connectivity index (χ4n) is 9.62. The van der Waals surface area contributed by atoms with E-state index in [1.165, 1.54) is 36.4 Å². The number of hydrogen-bond acceptors (Lipinski definition) is 11. The van der Waals surface area contributed by atoms with Crippen molar-refractivity contribution < 1.29 is 44.0 Å². The van der Waals surface area contributed by atoms with Gasteiger partial charge in [-0.25, -0.2) is 14.0 Å². The van der Waals surface area contributed by atoms with Gasteiger partial charge in [0.1, 0.15) is 17.3 Å². The van der Waals surface area contributed by atoms with Gasteiger partial charge in [-0.3, -0.25) is 9.59 Å². The Balaban J connectivity index is 1.29. The summed E-state index contributed by atoms with van der Waals surface area (Å²) in [6.45, 7) is 9.60. The van der Waals surface area contributed by atoms with E-state index in [4.69, 9.17) is 11.5 Å². The third-order valence-electron chi connectivity index (χ3n) is 13.5. The van der Waals surface area contributed by atoms with E-state index in [2.05, 4.69) is 43.8 Å². The number of likely N-dealkylation sites (tertiary alicyclic amines) is 1. The smallest absolute Gasteiger partial charge is 0.316 e. The van der Waals surface area contributed by atoms with E-state index >= 15 is 4.79 Å². The number of phenols is 2. The Kier molecular flexibility index (Phi) is 19.2. The van der Waals surface area contributed by atoms with Crippen LogP contribution in [-0.4, -0.2) is 99.5 Å². The van der Waals surface area contributed by atoms with Gasteiger partial charge in [0, 0.05) is 43.3 Å². The normalized spacial score (nSPS) is 15.6. The Labute approximate surface area is 432 Å². The van der Waals surface area contributed by atoms with Gasteiger partial charge in [0.2, 0.25) is 11.8 Å². The zero-order valence-corrected chi connectivity index (χ0v) is 42.8. The molecule has 5 aromatic rings. The Bertz CT molecular complexity index is 2740. The van der Waals surface area contributed by atoms with Crippen molar-refractivity contribution in [2.75, 3.05) is 43.9 Å².